The van der Waals surface area contributed by atoms with E-state index in [0.717, 1.165) is 0 Å². The van der Waals surface area contributed by atoms with Crippen molar-refractivity contribution in [3.63, 3.8) is 0 Å². The van der Waals surface area contributed by atoms with Gasteiger partial charge in [0.1, 0.15) is 0 Å². The lowest BCUT2D eigenvalue weighted by atomic mass is 10.3. The summed E-state index contributed by atoms with van der Waals surface area (Å²) in [6.07, 6.45) is 0.196. The summed E-state index contributed by atoms with van der Waals surface area (Å²) in [6.45, 7) is 2.18. The molecule has 60 valence electrons. The molecule has 0 fully saturated rings. The summed E-state index contributed by atoms with van der Waals surface area (Å²) in [5, 5.41) is 8.80. The van der Waals surface area contributed by atoms with E-state index in [2.05, 4.69) is 0 Å². The van der Waals surface area contributed by atoms with Crippen LogP contribution in [-0.4, -0.2) is 35.7 Å². The van der Waals surface area contributed by atoms with E-state index in [1.165, 1.54) is 4.90 Å². The van der Waals surface area contributed by atoms with Crippen molar-refractivity contribution in [2.45, 2.75) is 19.4 Å². The molecule has 0 aliphatic carbocycles. The summed E-state index contributed by atoms with van der Waals surface area (Å²) in [7, 11) is 1.60. The fourth-order valence-corrected chi connectivity index (χ4v) is 0.491. The van der Waals surface area contributed by atoms with Crippen LogP contribution in [0, 0.1) is 0 Å². The first-order valence-electron chi connectivity index (χ1n) is 3.22. The molecule has 0 saturated heterocycles. The molecule has 0 aliphatic heterocycles. The molecule has 3 N–H and O–H groups in total. The van der Waals surface area contributed by atoms with E-state index >= 15 is 0 Å². The van der Waals surface area contributed by atoms with E-state index in [9.17, 15) is 4.79 Å². The van der Waals surface area contributed by atoms with Crippen molar-refractivity contribution in [2.75, 3.05) is 13.6 Å². The third-order valence-electron chi connectivity index (χ3n) is 1.26. The zero-order valence-electron chi connectivity index (χ0n) is 6.37. The summed E-state index contributed by atoms with van der Waals surface area (Å²) in [4.78, 5) is 11.7. The average molecular weight is 146 g/mol. The minimum Gasteiger partial charge on any atom is -0.393 e. The molecule has 1 unspecified atom stereocenters. The highest BCUT2D eigenvalue weighted by Crippen LogP contribution is 1.91. The van der Waals surface area contributed by atoms with Crippen LogP contribution in [0.15, 0.2) is 0 Å². The number of amides is 2. The number of rotatable bonds is 3. The highest BCUT2D eigenvalue weighted by molar-refractivity contribution is 5.71. The topological polar surface area (TPSA) is 66.6 Å². The number of urea groups is 1. The quantitative estimate of drug-likeness (QED) is 0.577. The van der Waals surface area contributed by atoms with Gasteiger partial charge in [-0.1, -0.05) is 0 Å². The normalized spacial score (nSPS) is 12.7. The number of nitrogens with two attached hydrogens (primary N) is 1. The Morgan fingerprint density at radius 3 is 2.60 bits per heavy atom. The first-order valence-corrected chi connectivity index (χ1v) is 3.22. The fourth-order valence-electron chi connectivity index (χ4n) is 0.491. The number of aliphatic hydroxyl groups is 1. The molecule has 0 aromatic heterocycles. The Kier molecular flexibility index (Phi) is 3.79. The molecule has 0 spiro atoms. The molecule has 4 heteroatoms. The predicted molar refractivity (Wildman–Crippen MR) is 38.5 cm³/mol. The van der Waals surface area contributed by atoms with E-state index in [1.54, 1.807) is 14.0 Å². The maximum Gasteiger partial charge on any atom is 0.314 e. The minimum atomic E-state index is -0.458. The van der Waals surface area contributed by atoms with Crippen molar-refractivity contribution >= 4 is 6.03 Å². The summed E-state index contributed by atoms with van der Waals surface area (Å²) < 4.78 is 0. The first-order chi connectivity index (χ1) is 4.54. The van der Waals surface area contributed by atoms with E-state index in [0.29, 0.717) is 13.0 Å². The van der Waals surface area contributed by atoms with Gasteiger partial charge >= 0.3 is 6.03 Å². The van der Waals surface area contributed by atoms with Crippen LogP contribution in [0.4, 0.5) is 4.79 Å². The third-order valence-corrected chi connectivity index (χ3v) is 1.26. The predicted octanol–water partition coefficient (Wildman–Crippen LogP) is -0.232. The summed E-state index contributed by atoms with van der Waals surface area (Å²) >= 11 is 0. The third kappa shape index (κ3) is 4.14. The fraction of sp³-hybridized carbons (Fsp3) is 0.833. The van der Waals surface area contributed by atoms with E-state index < -0.39 is 6.03 Å². The molecule has 0 aromatic carbocycles. The molecule has 0 bridgehead atoms. The second-order valence-corrected chi connectivity index (χ2v) is 2.40. The van der Waals surface area contributed by atoms with Crippen molar-refractivity contribution in [2.24, 2.45) is 5.73 Å². The van der Waals surface area contributed by atoms with Crippen molar-refractivity contribution in [3.05, 3.63) is 0 Å². The van der Waals surface area contributed by atoms with Gasteiger partial charge in [0, 0.05) is 13.6 Å². The molecule has 10 heavy (non-hydrogen) atoms. The van der Waals surface area contributed by atoms with Crippen LogP contribution >= 0.6 is 0 Å². The number of primary amides is 1. The van der Waals surface area contributed by atoms with Gasteiger partial charge in [-0.15, -0.1) is 0 Å². The van der Waals surface area contributed by atoms with Crippen molar-refractivity contribution in [3.8, 4) is 0 Å². The zero-order chi connectivity index (χ0) is 8.15. The molecular formula is C6H14N2O2. The summed E-state index contributed by atoms with van der Waals surface area (Å²) in [5.74, 6) is 0. The highest BCUT2D eigenvalue weighted by atomic mass is 16.3. The van der Waals surface area contributed by atoms with Crippen LogP contribution in [0.25, 0.3) is 0 Å². The molecule has 0 heterocycles. The molecule has 0 aromatic rings. The minimum absolute atomic E-state index is 0.373. The Balaban J connectivity index is 3.40. The Morgan fingerprint density at radius 2 is 2.30 bits per heavy atom. The number of carbonyl (C=O) groups is 1. The van der Waals surface area contributed by atoms with Crippen LogP contribution in [0.2, 0.25) is 0 Å². The molecule has 0 radical (unpaired) electrons. The van der Waals surface area contributed by atoms with Crippen LogP contribution in [0.5, 0.6) is 0 Å². The highest BCUT2D eigenvalue weighted by Gasteiger charge is 2.03. The lowest BCUT2D eigenvalue weighted by Gasteiger charge is -2.14. The average Bonchev–Trinajstić information content (AvgIpc) is 1.82. The molecule has 2 amide bonds. The molecule has 1 atom stereocenters. The maximum absolute atomic E-state index is 10.4. The van der Waals surface area contributed by atoms with Gasteiger partial charge in [-0.2, -0.15) is 0 Å². The smallest absolute Gasteiger partial charge is 0.314 e. The monoisotopic (exact) mass is 146 g/mol. The van der Waals surface area contributed by atoms with Gasteiger partial charge in [-0.25, -0.2) is 4.79 Å². The van der Waals surface area contributed by atoms with E-state index in [1.807, 2.05) is 0 Å². The molecule has 4 nitrogen and oxygen atoms in total. The second-order valence-electron chi connectivity index (χ2n) is 2.40. The second kappa shape index (κ2) is 4.11. The molecular weight excluding hydrogens is 132 g/mol. The Labute approximate surface area is 60.6 Å². The molecule has 0 aliphatic rings. The number of carbonyl (C=O) groups excluding carboxylic acids is 1. The van der Waals surface area contributed by atoms with Gasteiger partial charge in [0.05, 0.1) is 6.10 Å². The van der Waals surface area contributed by atoms with Crippen molar-refractivity contribution in [1.82, 2.24) is 4.90 Å². The van der Waals surface area contributed by atoms with Crippen LogP contribution in [0.3, 0.4) is 0 Å². The number of nitrogens with zero attached hydrogens (tertiary/aromatic N) is 1. The van der Waals surface area contributed by atoms with Gasteiger partial charge < -0.3 is 15.7 Å². The van der Waals surface area contributed by atoms with Gasteiger partial charge in [0.2, 0.25) is 0 Å². The Bertz CT molecular complexity index is 114. The Morgan fingerprint density at radius 1 is 1.80 bits per heavy atom. The van der Waals surface area contributed by atoms with Crippen LogP contribution in [0.1, 0.15) is 13.3 Å². The summed E-state index contributed by atoms with van der Waals surface area (Å²) in [5.41, 5.74) is 4.93. The van der Waals surface area contributed by atoms with Gasteiger partial charge in [-0.3, -0.25) is 0 Å². The van der Waals surface area contributed by atoms with E-state index in [4.69, 9.17) is 10.8 Å². The first kappa shape index (κ1) is 9.23. The largest absolute Gasteiger partial charge is 0.393 e. The molecule has 0 rings (SSSR count). The zero-order valence-corrected chi connectivity index (χ0v) is 6.37. The Hall–Kier alpha value is -0.770. The van der Waals surface area contributed by atoms with Crippen LogP contribution < -0.4 is 5.73 Å². The van der Waals surface area contributed by atoms with E-state index in [-0.39, 0.29) is 6.10 Å². The molecule has 0 saturated carbocycles. The number of aliphatic hydroxyl groups excluding tert-OH is 1. The lowest BCUT2D eigenvalue weighted by Crippen LogP contribution is -2.33. The SMILES string of the molecule is CC(O)CCN(C)C(N)=O. The van der Waals surface area contributed by atoms with Crippen molar-refractivity contribution in [1.29, 1.82) is 0 Å². The van der Waals surface area contributed by atoms with Gasteiger partial charge in [0.15, 0.2) is 0 Å². The summed E-state index contributed by atoms with van der Waals surface area (Å²) in [6, 6.07) is -0.458. The standard InChI is InChI=1S/C6H14N2O2/c1-5(9)3-4-8(2)6(7)10/h5,9H,3-4H2,1-2H3,(H2,7,10). The van der Waals surface area contributed by atoms with Gasteiger partial charge in [0.25, 0.3) is 0 Å². The van der Waals surface area contributed by atoms with Crippen LogP contribution in [-0.2, 0) is 0 Å². The number of hydrogen-bond donors (Lipinski definition) is 2. The maximum atomic E-state index is 10.4. The number of hydrogen-bond acceptors (Lipinski definition) is 2. The van der Waals surface area contributed by atoms with Gasteiger partial charge in [-0.05, 0) is 13.3 Å². The lowest BCUT2D eigenvalue weighted by molar-refractivity contribution is 0.166. The van der Waals surface area contributed by atoms with Crippen molar-refractivity contribution < 1.29 is 9.90 Å².